The number of nitrogen functional groups attached to an aromatic ring is 6. The van der Waals surface area contributed by atoms with E-state index in [1.807, 2.05) is 146 Å². The Hall–Kier alpha value is -5.59. The molecule has 218 valence electrons. The van der Waals surface area contributed by atoms with E-state index in [0.717, 1.165) is 67.5 Å². The highest BCUT2D eigenvalue weighted by atomic mass is 35.5. The summed E-state index contributed by atoms with van der Waals surface area (Å²) < 4.78 is 0. The lowest BCUT2D eigenvalue weighted by Gasteiger charge is -2.02. The topological polar surface area (TPSA) is 156 Å². The summed E-state index contributed by atoms with van der Waals surface area (Å²) in [5.74, 6) is 0. The van der Waals surface area contributed by atoms with Crippen molar-refractivity contribution in [1.29, 1.82) is 0 Å². The summed E-state index contributed by atoms with van der Waals surface area (Å²) in [6, 6.07) is 46.7. The van der Waals surface area contributed by atoms with Crippen LogP contribution in [0.25, 0.3) is 33.4 Å². The number of hydrogen-bond donors (Lipinski definition) is 6. The second-order valence-corrected chi connectivity index (χ2v) is 9.73. The second kappa shape index (κ2) is 15.4. The molecule has 0 bridgehead atoms. The molecule has 6 aromatic carbocycles. The monoisotopic (exact) mass is 588 g/mol. The van der Waals surface area contributed by atoms with Crippen molar-refractivity contribution in [2.75, 3.05) is 34.4 Å². The van der Waals surface area contributed by atoms with Gasteiger partial charge in [0.2, 0.25) is 0 Å². The fourth-order valence-electron chi connectivity index (χ4n) is 4.05. The van der Waals surface area contributed by atoms with Crippen molar-refractivity contribution < 1.29 is 0 Å². The molecule has 0 amide bonds. The lowest BCUT2D eigenvalue weighted by Crippen LogP contribution is -1.85. The number of nitrogens with two attached hydrogens (primary N) is 6. The minimum absolute atomic E-state index is 0. The van der Waals surface area contributed by atoms with Gasteiger partial charge < -0.3 is 34.4 Å². The molecule has 6 nitrogen and oxygen atoms in total. The van der Waals surface area contributed by atoms with Gasteiger partial charge in [-0.25, -0.2) is 0 Å². The van der Waals surface area contributed by atoms with Gasteiger partial charge in [0.25, 0.3) is 0 Å². The number of anilines is 6. The van der Waals surface area contributed by atoms with E-state index in [1.54, 1.807) is 0 Å². The molecule has 6 rings (SSSR count). The Bertz CT molecular complexity index is 1330. The van der Waals surface area contributed by atoms with E-state index in [-0.39, 0.29) is 12.4 Å². The average Bonchev–Trinajstić information content (AvgIpc) is 3.01. The SMILES string of the molecule is Cl.Nc1ccc(-c2ccc(N)cc2)cc1.Nc1ccc(-c2ccc(N)cc2)cc1.Nc1ccc(-c2ccc(N)cc2)cc1. The van der Waals surface area contributed by atoms with Crippen LogP contribution in [0.1, 0.15) is 0 Å². The second-order valence-electron chi connectivity index (χ2n) is 9.73. The Balaban J connectivity index is 0.000000175. The van der Waals surface area contributed by atoms with Crippen LogP contribution in [-0.4, -0.2) is 0 Å². The van der Waals surface area contributed by atoms with Crippen molar-refractivity contribution in [1.82, 2.24) is 0 Å². The highest BCUT2D eigenvalue weighted by molar-refractivity contribution is 5.85. The molecule has 12 N–H and O–H groups in total. The molecule has 7 heteroatoms. The predicted octanol–water partition coefficient (Wildman–Crippen LogP) is 7.98. The van der Waals surface area contributed by atoms with E-state index >= 15 is 0 Å². The number of rotatable bonds is 3. The Morgan fingerprint density at radius 3 is 0.372 bits per heavy atom. The van der Waals surface area contributed by atoms with E-state index in [0.29, 0.717) is 0 Å². The predicted molar refractivity (Wildman–Crippen MR) is 189 cm³/mol. The van der Waals surface area contributed by atoms with Crippen LogP contribution < -0.4 is 34.4 Å². The maximum Gasteiger partial charge on any atom is 0.0314 e. The quantitative estimate of drug-likeness (QED) is 0.115. The molecule has 0 aliphatic heterocycles. The molecule has 0 saturated carbocycles. The first-order valence-corrected chi connectivity index (χ1v) is 13.4. The molecule has 0 spiro atoms. The van der Waals surface area contributed by atoms with Gasteiger partial charge in [0, 0.05) is 34.1 Å². The summed E-state index contributed by atoms with van der Waals surface area (Å²) in [5, 5.41) is 0. The van der Waals surface area contributed by atoms with Crippen molar-refractivity contribution in [2.24, 2.45) is 0 Å². The van der Waals surface area contributed by atoms with Gasteiger partial charge in [-0.1, -0.05) is 72.8 Å². The van der Waals surface area contributed by atoms with E-state index < -0.39 is 0 Å². The fraction of sp³-hybridized carbons (Fsp3) is 0. The highest BCUT2D eigenvalue weighted by Crippen LogP contribution is 2.23. The van der Waals surface area contributed by atoms with E-state index in [1.165, 1.54) is 0 Å². The zero-order chi connectivity index (χ0) is 29.9. The number of halogens is 1. The maximum absolute atomic E-state index is 5.61. The van der Waals surface area contributed by atoms with Crippen molar-refractivity contribution >= 4 is 46.5 Å². The number of benzene rings is 6. The van der Waals surface area contributed by atoms with Crippen molar-refractivity contribution in [3.05, 3.63) is 146 Å². The molecule has 0 atom stereocenters. The van der Waals surface area contributed by atoms with E-state index in [4.69, 9.17) is 34.4 Å². The van der Waals surface area contributed by atoms with Gasteiger partial charge in [-0.15, -0.1) is 12.4 Å². The summed E-state index contributed by atoms with van der Waals surface area (Å²) in [7, 11) is 0. The normalized spacial score (nSPS) is 9.77. The third-order valence-electron chi connectivity index (χ3n) is 6.46. The first kappa shape index (κ1) is 31.9. The molecule has 0 aromatic heterocycles. The Morgan fingerprint density at radius 1 is 0.186 bits per heavy atom. The van der Waals surface area contributed by atoms with Crippen LogP contribution in [0.15, 0.2) is 146 Å². The minimum atomic E-state index is 0. The largest absolute Gasteiger partial charge is 0.399 e. The molecular formula is C36H37ClN6. The molecule has 0 saturated heterocycles. The van der Waals surface area contributed by atoms with Crippen LogP contribution in [0.3, 0.4) is 0 Å². The summed E-state index contributed by atoms with van der Waals surface area (Å²) >= 11 is 0. The molecule has 0 radical (unpaired) electrons. The van der Waals surface area contributed by atoms with Gasteiger partial charge in [0.05, 0.1) is 0 Å². The summed E-state index contributed by atoms with van der Waals surface area (Å²) in [4.78, 5) is 0. The molecule has 43 heavy (non-hydrogen) atoms. The van der Waals surface area contributed by atoms with Crippen LogP contribution in [0, 0.1) is 0 Å². The minimum Gasteiger partial charge on any atom is -0.399 e. The molecule has 0 aliphatic carbocycles. The fourth-order valence-corrected chi connectivity index (χ4v) is 4.05. The van der Waals surface area contributed by atoms with Gasteiger partial charge in [0.1, 0.15) is 0 Å². The zero-order valence-electron chi connectivity index (χ0n) is 23.7. The standard InChI is InChI=1S/3C12H12N2.ClH/c3*13-11-5-1-9(2-6-11)10-3-7-12(14)8-4-10;/h3*1-8H,13-14H2;1H. The van der Waals surface area contributed by atoms with Crippen LogP contribution in [-0.2, 0) is 0 Å². The summed E-state index contributed by atoms with van der Waals surface area (Å²) in [5.41, 5.74) is 45.3. The van der Waals surface area contributed by atoms with Gasteiger partial charge in [0.15, 0.2) is 0 Å². The molecule has 6 aromatic rings. The molecule has 0 heterocycles. The first-order valence-electron chi connectivity index (χ1n) is 13.4. The van der Waals surface area contributed by atoms with Crippen LogP contribution in [0.2, 0.25) is 0 Å². The van der Waals surface area contributed by atoms with Crippen molar-refractivity contribution in [3.63, 3.8) is 0 Å². The zero-order valence-corrected chi connectivity index (χ0v) is 24.5. The van der Waals surface area contributed by atoms with Crippen LogP contribution >= 0.6 is 12.4 Å². The Kier molecular flexibility index (Phi) is 11.5. The maximum atomic E-state index is 5.61. The highest BCUT2D eigenvalue weighted by Gasteiger charge is 1.98. The Labute approximate surface area is 259 Å². The molecule has 0 aliphatic rings. The molecule has 0 fully saturated rings. The Morgan fingerprint density at radius 2 is 0.279 bits per heavy atom. The third kappa shape index (κ3) is 9.78. The van der Waals surface area contributed by atoms with Gasteiger partial charge in [-0.2, -0.15) is 0 Å². The van der Waals surface area contributed by atoms with Crippen LogP contribution in [0.4, 0.5) is 34.1 Å². The number of hydrogen-bond acceptors (Lipinski definition) is 6. The lowest BCUT2D eigenvalue weighted by atomic mass is 10.1. The van der Waals surface area contributed by atoms with E-state index in [2.05, 4.69) is 0 Å². The first-order chi connectivity index (χ1) is 20.3. The van der Waals surface area contributed by atoms with Crippen molar-refractivity contribution in [3.8, 4) is 33.4 Å². The van der Waals surface area contributed by atoms with Crippen molar-refractivity contribution in [2.45, 2.75) is 0 Å². The van der Waals surface area contributed by atoms with Gasteiger partial charge in [-0.05, 0) is 106 Å². The van der Waals surface area contributed by atoms with Crippen LogP contribution in [0.5, 0.6) is 0 Å². The lowest BCUT2D eigenvalue weighted by molar-refractivity contribution is 1.61. The van der Waals surface area contributed by atoms with Gasteiger partial charge >= 0.3 is 0 Å². The third-order valence-corrected chi connectivity index (χ3v) is 6.46. The molecular weight excluding hydrogens is 552 g/mol. The van der Waals surface area contributed by atoms with Gasteiger partial charge in [-0.3, -0.25) is 0 Å². The smallest absolute Gasteiger partial charge is 0.0314 e. The average molecular weight is 589 g/mol. The summed E-state index contributed by atoms with van der Waals surface area (Å²) in [6.07, 6.45) is 0. The summed E-state index contributed by atoms with van der Waals surface area (Å²) in [6.45, 7) is 0. The molecule has 0 unspecified atom stereocenters. The van der Waals surface area contributed by atoms with E-state index in [9.17, 15) is 0 Å².